The quantitative estimate of drug-likeness (QED) is 0.555. The van der Waals surface area contributed by atoms with Crippen LogP contribution in [0.3, 0.4) is 0 Å². The molecule has 1 heteroatoms. The lowest BCUT2D eigenvalue weighted by molar-refractivity contribution is 1.26. The lowest BCUT2D eigenvalue weighted by Gasteiger charge is -2.11. The second kappa shape index (κ2) is 7.23. The number of aryl methyl sites for hydroxylation is 3. The van der Waals surface area contributed by atoms with E-state index in [2.05, 4.69) is 83.3 Å². The van der Waals surface area contributed by atoms with Gasteiger partial charge in [0.2, 0.25) is 0 Å². The van der Waals surface area contributed by atoms with Gasteiger partial charge in [0.15, 0.2) is 0 Å². The molecule has 1 aliphatic rings. The Labute approximate surface area is 151 Å². The highest BCUT2D eigenvalue weighted by Crippen LogP contribution is 2.34. The van der Waals surface area contributed by atoms with Gasteiger partial charge in [-0.05, 0) is 74.4 Å². The SMILES string of the molecule is CC1=CCC(c2ccccc2CC=Nc2c(C)cc(C)cc2C)=C1C. The fourth-order valence-electron chi connectivity index (χ4n) is 3.72. The molecule has 0 unspecified atom stereocenters. The smallest absolute Gasteiger partial charge is 0.0684 e. The number of hydrogen-bond donors (Lipinski definition) is 0. The molecule has 1 aliphatic carbocycles. The number of rotatable bonds is 4. The Hall–Kier alpha value is -2.41. The van der Waals surface area contributed by atoms with Crippen LogP contribution in [-0.2, 0) is 6.42 Å². The van der Waals surface area contributed by atoms with Gasteiger partial charge >= 0.3 is 0 Å². The molecule has 0 heterocycles. The Morgan fingerprint density at radius 1 is 0.960 bits per heavy atom. The van der Waals surface area contributed by atoms with Gasteiger partial charge in [0.1, 0.15) is 0 Å². The van der Waals surface area contributed by atoms with Crippen LogP contribution in [0, 0.1) is 20.8 Å². The molecule has 0 saturated heterocycles. The van der Waals surface area contributed by atoms with Gasteiger partial charge in [-0.25, -0.2) is 0 Å². The Bertz CT molecular complexity index is 871. The third-order valence-electron chi connectivity index (χ3n) is 5.17. The molecule has 0 fully saturated rings. The average molecular weight is 329 g/mol. The Balaban J connectivity index is 1.86. The number of hydrogen-bond acceptors (Lipinski definition) is 1. The molecular formula is C24H27N. The highest BCUT2D eigenvalue weighted by Gasteiger charge is 2.14. The maximum atomic E-state index is 4.79. The van der Waals surface area contributed by atoms with Gasteiger partial charge in [0.05, 0.1) is 5.69 Å². The normalized spacial score (nSPS) is 14.5. The third kappa shape index (κ3) is 3.66. The van der Waals surface area contributed by atoms with Crippen molar-refractivity contribution in [2.75, 3.05) is 0 Å². The van der Waals surface area contributed by atoms with E-state index in [9.17, 15) is 0 Å². The summed E-state index contributed by atoms with van der Waals surface area (Å²) >= 11 is 0. The fourth-order valence-corrected chi connectivity index (χ4v) is 3.72. The first-order chi connectivity index (χ1) is 12.0. The van der Waals surface area contributed by atoms with Gasteiger partial charge in [-0.3, -0.25) is 4.99 Å². The summed E-state index contributed by atoms with van der Waals surface area (Å²) in [4.78, 5) is 4.79. The molecule has 25 heavy (non-hydrogen) atoms. The van der Waals surface area contributed by atoms with Gasteiger partial charge < -0.3 is 0 Å². The zero-order valence-corrected chi connectivity index (χ0v) is 16.0. The minimum atomic E-state index is 0.860. The minimum Gasteiger partial charge on any atom is -0.260 e. The molecule has 0 N–H and O–H groups in total. The van der Waals surface area contributed by atoms with E-state index in [0.29, 0.717) is 0 Å². The van der Waals surface area contributed by atoms with E-state index < -0.39 is 0 Å². The fraction of sp³-hybridized carbons (Fsp3) is 0.292. The first-order valence-electron chi connectivity index (χ1n) is 9.03. The molecule has 0 bridgehead atoms. The van der Waals surface area contributed by atoms with Crippen LogP contribution >= 0.6 is 0 Å². The average Bonchev–Trinajstić information content (AvgIpc) is 2.90. The van der Waals surface area contributed by atoms with Crippen LogP contribution in [0.5, 0.6) is 0 Å². The zero-order chi connectivity index (χ0) is 18.0. The standard InChI is InChI=1S/C24H27N/c1-16-14-18(3)24(19(4)15-16)25-13-12-21-8-6-7-9-23(21)22-11-10-17(2)20(22)5/h6-10,13-15H,11-12H2,1-5H3. The maximum Gasteiger partial charge on any atom is 0.0684 e. The van der Waals surface area contributed by atoms with Gasteiger partial charge in [-0.2, -0.15) is 0 Å². The predicted octanol–water partition coefficient (Wildman–Crippen LogP) is 6.68. The Kier molecular flexibility index (Phi) is 5.03. The molecule has 1 nitrogen and oxygen atoms in total. The van der Waals surface area contributed by atoms with E-state index in [0.717, 1.165) is 18.5 Å². The lowest BCUT2D eigenvalue weighted by atomic mass is 9.94. The molecule has 0 atom stereocenters. The van der Waals surface area contributed by atoms with Crippen molar-refractivity contribution in [2.45, 2.75) is 47.5 Å². The molecule has 128 valence electrons. The van der Waals surface area contributed by atoms with Crippen LogP contribution in [0.15, 0.2) is 58.6 Å². The molecule has 0 aromatic heterocycles. The molecular weight excluding hydrogens is 302 g/mol. The second-order valence-corrected chi connectivity index (χ2v) is 7.12. The zero-order valence-electron chi connectivity index (χ0n) is 16.0. The number of benzene rings is 2. The van der Waals surface area contributed by atoms with E-state index in [1.165, 1.54) is 44.5 Å². The predicted molar refractivity (Wildman–Crippen MR) is 110 cm³/mol. The molecule has 0 spiro atoms. The lowest BCUT2D eigenvalue weighted by Crippen LogP contribution is -1.95. The van der Waals surface area contributed by atoms with E-state index in [1.807, 2.05) is 0 Å². The van der Waals surface area contributed by atoms with Crippen LogP contribution in [-0.4, -0.2) is 6.21 Å². The van der Waals surface area contributed by atoms with E-state index in [1.54, 1.807) is 0 Å². The first kappa shape index (κ1) is 17.4. The van der Waals surface area contributed by atoms with Crippen molar-refractivity contribution in [3.05, 3.63) is 81.4 Å². The van der Waals surface area contributed by atoms with Gasteiger partial charge in [0, 0.05) is 12.6 Å². The van der Waals surface area contributed by atoms with Crippen LogP contribution in [0.4, 0.5) is 5.69 Å². The summed E-state index contributed by atoms with van der Waals surface area (Å²) in [5, 5.41) is 0. The molecule has 0 radical (unpaired) electrons. The van der Waals surface area contributed by atoms with Crippen LogP contribution in [0.1, 0.15) is 48.1 Å². The Morgan fingerprint density at radius 3 is 2.28 bits per heavy atom. The summed E-state index contributed by atoms with van der Waals surface area (Å²) < 4.78 is 0. The highest BCUT2D eigenvalue weighted by molar-refractivity contribution is 5.80. The molecule has 3 rings (SSSR count). The minimum absolute atomic E-state index is 0.860. The summed E-state index contributed by atoms with van der Waals surface area (Å²) in [6.07, 6.45) is 6.30. The van der Waals surface area contributed by atoms with E-state index >= 15 is 0 Å². The summed E-state index contributed by atoms with van der Waals surface area (Å²) in [6, 6.07) is 13.1. The van der Waals surface area contributed by atoms with Gasteiger partial charge in [0.25, 0.3) is 0 Å². The monoisotopic (exact) mass is 329 g/mol. The van der Waals surface area contributed by atoms with E-state index in [4.69, 9.17) is 4.99 Å². The van der Waals surface area contributed by atoms with Crippen LogP contribution < -0.4 is 0 Å². The van der Waals surface area contributed by atoms with Gasteiger partial charge in [-0.15, -0.1) is 0 Å². The third-order valence-corrected chi connectivity index (χ3v) is 5.17. The number of allylic oxidation sites excluding steroid dienone is 4. The van der Waals surface area contributed by atoms with Crippen molar-refractivity contribution in [1.82, 2.24) is 0 Å². The number of aliphatic imine (C=N–C) groups is 1. The molecule has 0 amide bonds. The van der Waals surface area contributed by atoms with E-state index in [-0.39, 0.29) is 0 Å². The van der Waals surface area contributed by atoms with Crippen LogP contribution in [0.25, 0.3) is 5.57 Å². The van der Waals surface area contributed by atoms with Crippen molar-refractivity contribution in [1.29, 1.82) is 0 Å². The van der Waals surface area contributed by atoms with Crippen molar-refractivity contribution in [2.24, 2.45) is 4.99 Å². The summed E-state index contributed by atoms with van der Waals surface area (Å²) in [5.41, 5.74) is 11.9. The van der Waals surface area contributed by atoms with Crippen molar-refractivity contribution in [3.8, 4) is 0 Å². The highest BCUT2D eigenvalue weighted by atomic mass is 14.7. The first-order valence-corrected chi connectivity index (χ1v) is 9.03. The largest absolute Gasteiger partial charge is 0.260 e. The number of nitrogens with zero attached hydrogens (tertiary/aromatic N) is 1. The second-order valence-electron chi connectivity index (χ2n) is 7.12. The topological polar surface area (TPSA) is 12.4 Å². The van der Waals surface area contributed by atoms with Crippen molar-refractivity contribution in [3.63, 3.8) is 0 Å². The summed E-state index contributed by atoms with van der Waals surface area (Å²) in [5.74, 6) is 0. The summed E-state index contributed by atoms with van der Waals surface area (Å²) in [6.45, 7) is 10.9. The van der Waals surface area contributed by atoms with Crippen LogP contribution in [0.2, 0.25) is 0 Å². The van der Waals surface area contributed by atoms with Crippen molar-refractivity contribution >= 4 is 17.5 Å². The molecule has 2 aromatic rings. The van der Waals surface area contributed by atoms with Crippen molar-refractivity contribution < 1.29 is 0 Å². The van der Waals surface area contributed by atoms with Gasteiger partial charge in [-0.1, -0.05) is 53.6 Å². The summed E-state index contributed by atoms with van der Waals surface area (Å²) in [7, 11) is 0. The maximum absolute atomic E-state index is 4.79. The molecule has 0 saturated carbocycles. The molecule has 2 aromatic carbocycles. The Morgan fingerprint density at radius 2 is 1.64 bits per heavy atom. The molecule has 0 aliphatic heterocycles.